The highest BCUT2D eigenvalue weighted by molar-refractivity contribution is 7.99. The van der Waals surface area contributed by atoms with E-state index in [0.717, 1.165) is 23.4 Å². The molecule has 27 heavy (non-hydrogen) atoms. The first kappa shape index (κ1) is 18.0. The molecule has 1 aromatic heterocycles. The number of aromatic nitrogens is 2. The number of thioether (sulfide) groups is 1. The maximum atomic E-state index is 6.13. The summed E-state index contributed by atoms with van der Waals surface area (Å²) in [4.78, 5) is 2.08. The zero-order valence-electron chi connectivity index (χ0n) is 15.3. The third-order valence-electron chi connectivity index (χ3n) is 4.39. The fraction of sp³-hybridized carbons (Fsp3) is 0.300. The van der Waals surface area contributed by atoms with Gasteiger partial charge >= 0.3 is 0 Å². The van der Waals surface area contributed by atoms with Crippen molar-refractivity contribution >= 4 is 17.4 Å². The predicted octanol–water partition coefficient (Wildman–Crippen LogP) is 3.58. The zero-order valence-corrected chi connectivity index (χ0v) is 16.1. The fourth-order valence-electron chi connectivity index (χ4n) is 2.90. The predicted molar refractivity (Wildman–Crippen MR) is 107 cm³/mol. The molecule has 1 N–H and O–H groups in total. The standard InChI is InChI=1S/C20H22N4O2S/c1-24(2)16-10-8-15(9-11-16)18-21-12-17(25-18)13-27-20-23-22-19(26-20)14-6-4-3-5-7-14/h3-11,17-18,21H,12-13H2,1-2H3/t17-,18+/m0/s1. The summed E-state index contributed by atoms with van der Waals surface area (Å²) >= 11 is 1.52. The summed E-state index contributed by atoms with van der Waals surface area (Å²) in [5.74, 6) is 1.30. The van der Waals surface area contributed by atoms with Crippen LogP contribution in [0.3, 0.4) is 0 Å². The van der Waals surface area contributed by atoms with E-state index in [1.165, 1.54) is 17.4 Å². The van der Waals surface area contributed by atoms with E-state index in [0.29, 0.717) is 11.1 Å². The number of anilines is 1. The van der Waals surface area contributed by atoms with Crippen LogP contribution in [0, 0.1) is 0 Å². The van der Waals surface area contributed by atoms with Crippen LogP contribution in [0.25, 0.3) is 11.5 Å². The Bertz CT molecular complexity index is 867. The number of hydrogen-bond acceptors (Lipinski definition) is 7. The largest absolute Gasteiger partial charge is 0.411 e. The zero-order chi connectivity index (χ0) is 18.6. The lowest BCUT2D eigenvalue weighted by Crippen LogP contribution is -2.16. The summed E-state index contributed by atoms with van der Waals surface area (Å²) in [6.45, 7) is 0.798. The lowest BCUT2D eigenvalue weighted by atomic mass is 10.2. The molecule has 3 aromatic rings. The summed E-state index contributed by atoms with van der Waals surface area (Å²) in [5.41, 5.74) is 3.24. The van der Waals surface area contributed by atoms with Gasteiger partial charge in [-0.3, -0.25) is 5.32 Å². The van der Waals surface area contributed by atoms with Crippen molar-refractivity contribution in [3.63, 3.8) is 0 Å². The van der Waals surface area contributed by atoms with Crippen molar-refractivity contribution in [2.75, 3.05) is 31.3 Å². The Labute approximate surface area is 162 Å². The van der Waals surface area contributed by atoms with Crippen LogP contribution in [0.5, 0.6) is 0 Å². The summed E-state index contributed by atoms with van der Waals surface area (Å²) in [6, 6.07) is 18.2. The lowest BCUT2D eigenvalue weighted by molar-refractivity contribution is 0.0534. The van der Waals surface area contributed by atoms with Gasteiger partial charge in [-0.1, -0.05) is 42.1 Å². The molecule has 1 aliphatic heterocycles. The minimum Gasteiger partial charge on any atom is -0.411 e. The Morgan fingerprint density at radius 1 is 1.07 bits per heavy atom. The van der Waals surface area contributed by atoms with Gasteiger partial charge in [-0.25, -0.2) is 0 Å². The second kappa shape index (κ2) is 8.12. The molecule has 2 heterocycles. The molecule has 0 spiro atoms. The molecule has 1 aliphatic rings. The van der Waals surface area contributed by atoms with Crippen LogP contribution in [-0.2, 0) is 4.74 Å². The van der Waals surface area contributed by atoms with Crippen molar-refractivity contribution in [2.24, 2.45) is 0 Å². The Morgan fingerprint density at radius 3 is 2.59 bits per heavy atom. The van der Waals surface area contributed by atoms with Crippen molar-refractivity contribution in [3.05, 3.63) is 60.2 Å². The number of nitrogens with one attached hydrogen (secondary N) is 1. The van der Waals surface area contributed by atoms with E-state index in [1.807, 2.05) is 44.4 Å². The molecule has 0 aliphatic carbocycles. The second-order valence-electron chi connectivity index (χ2n) is 6.58. The molecule has 140 valence electrons. The van der Waals surface area contributed by atoms with E-state index < -0.39 is 0 Å². The topological polar surface area (TPSA) is 63.4 Å². The van der Waals surface area contributed by atoms with Crippen molar-refractivity contribution in [1.82, 2.24) is 15.5 Å². The normalized spacial score (nSPS) is 19.3. The average molecular weight is 382 g/mol. The minimum absolute atomic E-state index is 0.0747. The number of rotatable bonds is 6. The molecule has 2 atom stereocenters. The van der Waals surface area contributed by atoms with Crippen molar-refractivity contribution in [2.45, 2.75) is 17.6 Å². The smallest absolute Gasteiger partial charge is 0.276 e. The monoisotopic (exact) mass is 382 g/mol. The van der Waals surface area contributed by atoms with E-state index >= 15 is 0 Å². The Hall–Kier alpha value is -2.35. The third-order valence-corrected chi connectivity index (χ3v) is 5.34. The van der Waals surface area contributed by atoms with E-state index in [1.54, 1.807) is 0 Å². The highest BCUT2D eigenvalue weighted by atomic mass is 32.2. The van der Waals surface area contributed by atoms with Gasteiger partial charge in [-0.15, -0.1) is 10.2 Å². The first-order valence-corrected chi connectivity index (χ1v) is 9.85. The van der Waals surface area contributed by atoms with Crippen LogP contribution in [0.4, 0.5) is 5.69 Å². The molecule has 1 saturated heterocycles. The van der Waals surface area contributed by atoms with Crippen LogP contribution in [0.15, 0.2) is 64.2 Å². The third kappa shape index (κ3) is 4.32. The van der Waals surface area contributed by atoms with Crippen LogP contribution in [0.2, 0.25) is 0 Å². The van der Waals surface area contributed by atoms with E-state index in [2.05, 4.69) is 44.7 Å². The first-order chi connectivity index (χ1) is 13.2. The van der Waals surface area contributed by atoms with Crippen LogP contribution in [0.1, 0.15) is 11.8 Å². The van der Waals surface area contributed by atoms with Gasteiger partial charge in [0.15, 0.2) is 0 Å². The van der Waals surface area contributed by atoms with Crippen molar-refractivity contribution in [1.29, 1.82) is 0 Å². The van der Waals surface area contributed by atoms with Crippen molar-refractivity contribution < 1.29 is 9.15 Å². The van der Waals surface area contributed by atoms with Crippen LogP contribution >= 0.6 is 11.8 Å². The van der Waals surface area contributed by atoms with Gasteiger partial charge in [0.05, 0.1) is 6.10 Å². The van der Waals surface area contributed by atoms with Gasteiger partial charge in [0.1, 0.15) is 6.23 Å². The van der Waals surface area contributed by atoms with E-state index in [-0.39, 0.29) is 12.3 Å². The van der Waals surface area contributed by atoms with Gasteiger partial charge in [0, 0.05) is 37.6 Å². The Balaban J connectivity index is 1.31. The number of ether oxygens (including phenoxy) is 1. The van der Waals surface area contributed by atoms with Gasteiger partial charge in [-0.2, -0.15) is 0 Å². The molecule has 0 amide bonds. The quantitative estimate of drug-likeness (QED) is 0.654. The van der Waals surface area contributed by atoms with Crippen molar-refractivity contribution in [3.8, 4) is 11.5 Å². The SMILES string of the molecule is CN(C)c1ccc([C@@H]2NC[C@@H](CSc3nnc(-c4ccccc4)o3)O2)cc1. The lowest BCUT2D eigenvalue weighted by Gasteiger charge is -2.16. The molecule has 4 rings (SSSR count). The molecule has 0 radical (unpaired) electrons. The first-order valence-electron chi connectivity index (χ1n) is 8.87. The summed E-state index contributed by atoms with van der Waals surface area (Å²) < 4.78 is 11.9. The Morgan fingerprint density at radius 2 is 1.85 bits per heavy atom. The van der Waals surface area contributed by atoms with E-state index in [4.69, 9.17) is 9.15 Å². The molecule has 6 nitrogen and oxygen atoms in total. The molecule has 7 heteroatoms. The maximum Gasteiger partial charge on any atom is 0.276 e. The molecule has 0 bridgehead atoms. The highest BCUT2D eigenvalue weighted by Crippen LogP contribution is 2.28. The molecule has 0 saturated carbocycles. The molecular weight excluding hydrogens is 360 g/mol. The Kier molecular flexibility index (Phi) is 5.42. The average Bonchev–Trinajstić information content (AvgIpc) is 3.37. The number of hydrogen-bond donors (Lipinski definition) is 1. The van der Waals surface area contributed by atoms with Crippen LogP contribution in [-0.4, -0.2) is 42.7 Å². The van der Waals surface area contributed by atoms with Gasteiger partial charge in [0.2, 0.25) is 5.89 Å². The van der Waals surface area contributed by atoms with Gasteiger partial charge < -0.3 is 14.1 Å². The minimum atomic E-state index is -0.0747. The highest BCUT2D eigenvalue weighted by Gasteiger charge is 2.26. The van der Waals surface area contributed by atoms with Crippen LogP contribution < -0.4 is 10.2 Å². The second-order valence-corrected chi connectivity index (χ2v) is 7.55. The molecule has 1 fully saturated rings. The van der Waals surface area contributed by atoms with Gasteiger partial charge in [0.25, 0.3) is 5.22 Å². The number of benzene rings is 2. The van der Waals surface area contributed by atoms with E-state index in [9.17, 15) is 0 Å². The maximum absolute atomic E-state index is 6.13. The molecule has 2 aromatic carbocycles. The van der Waals surface area contributed by atoms with Gasteiger partial charge in [-0.05, 0) is 29.8 Å². The molecular formula is C20H22N4O2S. The molecule has 0 unspecified atom stereocenters. The summed E-state index contributed by atoms with van der Waals surface area (Å²) in [5, 5.41) is 12.2. The summed E-state index contributed by atoms with van der Waals surface area (Å²) in [7, 11) is 4.07. The fourth-order valence-corrected chi connectivity index (χ4v) is 3.66. The number of nitrogens with zero attached hydrogens (tertiary/aromatic N) is 3. The summed E-state index contributed by atoms with van der Waals surface area (Å²) in [6.07, 6.45) is 0.0231.